The number of benzene rings is 1. The van der Waals surface area contributed by atoms with Crippen LogP contribution in [0.5, 0.6) is 0 Å². The quantitative estimate of drug-likeness (QED) is 0.462. The summed E-state index contributed by atoms with van der Waals surface area (Å²) in [7, 11) is 0. The molecule has 0 radical (unpaired) electrons. The van der Waals surface area contributed by atoms with E-state index in [1.165, 1.54) is 11.3 Å². The first-order valence-corrected chi connectivity index (χ1v) is 12.3. The molecule has 5 rings (SSSR count). The first kappa shape index (κ1) is 23.6. The molecule has 2 atom stereocenters. The van der Waals surface area contributed by atoms with Gasteiger partial charge in [-0.3, -0.25) is 0 Å². The van der Waals surface area contributed by atoms with Gasteiger partial charge in [-0.25, -0.2) is 14.8 Å². The van der Waals surface area contributed by atoms with E-state index in [-0.39, 0.29) is 18.1 Å². The third kappa shape index (κ3) is 5.42. The van der Waals surface area contributed by atoms with Crippen LogP contribution in [0.15, 0.2) is 24.3 Å². The second-order valence-electron chi connectivity index (χ2n) is 8.89. The number of fused-ring (bicyclic) bond motifs is 1. The van der Waals surface area contributed by atoms with E-state index < -0.39 is 12.7 Å². The lowest BCUT2D eigenvalue weighted by Crippen LogP contribution is -2.30. The fraction of sp³-hybridized carbons (Fsp3) is 0.478. The molecule has 2 N–H and O–H groups in total. The molecule has 2 aliphatic rings. The van der Waals surface area contributed by atoms with E-state index in [1.54, 1.807) is 11.8 Å². The van der Waals surface area contributed by atoms with E-state index in [4.69, 9.17) is 9.72 Å². The van der Waals surface area contributed by atoms with Crippen molar-refractivity contribution in [3.05, 3.63) is 30.0 Å². The third-order valence-corrected chi connectivity index (χ3v) is 7.30. The van der Waals surface area contributed by atoms with Gasteiger partial charge >= 0.3 is 12.3 Å². The van der Waals surface area contributed by atoms with Gasteiger partial charge in [-0.15, -0.1) is 11.3 Å². The number of nitrogens with zero attached hydrogens (tertiary/aromatic N) is 4. The van der Waals surface area contributed by atoms with Gasteiger partial charge in [-0.05, 0) is 44.2 Å². The van der Waals surface area contributed by atoms with Crippen molar-refractivity contribution in [2.75, 3.05) is 36.9 Å². The summed E-state index contributed by atoms with van der Waals surface area (Å²) >= 11 is 1.49. The molecule has 0 bridgehead atoms. The fourth-order valence-corrected chi connectivity index (χ4v) is 5.70. The van der Waals surface area contributed by atoms with Crippen molar-refractivity contribution in [1.82, 2.24) is 19.9 Å². The number of carbonyl (C=O) groups excluding carboxylic acids is 1. The number of ether oxygens (including phenoxy) is 1. The number of halogens is 3. The van der Waals surface area contributed by atoms with Gasteiger partial charge in [0.15, 0.2) is 0 Å². The summed E-state index contributed by atoms with van der Waals surface area (Å²) in [5, 5.41) is 6.46. The van der Waals surface area contributed by atoms with Crippen molar-refractivity contribution in [3.8, 4) is 10.6 Å². The lowest BCUT2D eigenvalue weighted by atomic mass is 10.1. The minimum absolute atomic E-state index is 0.0662. The first-order valence-electron chi connectivity index (χ1n) is 11.5. The number of thiazole rings is 1. The molecule has 3 heterocycles. The maximum atomic E-state index is 12.8. The van der Waals surface area contributed by atoms with Gasteiger partial charge in [0.1, 0.15) is 24.0 Å². The number of cyclic esters (lactones) is 1. The maximum absolute atomic E-state index is 12.8. The number of amides is 1. The Morgan fingerprint density at radius 3 is 2.77 bits per heavy atom. The Labute approximate surface area is 203 Å². The van der Waals surface area contributed by atoms with Gasteiger partial charge in [0, 0.05) is 12.6 Å². The van der Waals surface area contributed by atoms with Gasteiger partial charge in [-0.1, -0.05) is 12.1 Å². The molecule has 12 heteroatoms. The van der Waals surface area contributed by atoms with Crippen LogP contribution in [0.25, 0.3) is 20.8 Å². The van der Waals surface area contributed by atoms with E-state index in [2.05, 4.69) is 20.6 Å². The van der Waals surface area contributed by atoms with Gasteiger partial charge in [0.05, 0.1) is 28.0 Å². The topological polar surface area (TPSA) is 92.3 Å². The molecule has 2 aromatic heterocycles. The van der Waals surface area contributed by atoms with Crippen molar-refractivity contribution in [2.24, 2.45) is 5.92 Å². The Hall–Kier alpha value is -3.15. The Bertz CT molecular complexity index is 1200. The normalized spacial score (nSPS) is 20.5. The van der Waals surface area contributed by atoms with Crippen LogP contribution in [0, 0.1) is 12.8 Å². The highest BCUT2D eigenvalue weighted by Gasteiger charge is 2.32. The Kier molecular flexibility index (Phi) is 6.39. The summed E-state index contributed by atoms with van der Waals surface area (Å²) in [6.45, 7) is 2.21. The van der Waals surface area contributed by atoms with E-state index >= 15 is 0 Å². The average molecular weight is 507 g/mol. The Balaban J connectivity index is 1.40. The Morgan fingerprint density at radius 1 is 1.20 bits per heavy atom. The molecule has 1 saturated carbocycles. The highest BCUT2D eigenvalue weighted by Crippen LogP contribution is 2.38. The number of aryl methyl sites for hydroxylation is 1. The van der Waals surface area contributed by atoms with Crippen LogP contribution in [0.2, 0.25) is 0 Å². The molecule has 3 aromatic rings. The number of alkyl halides is 3. The Morgan fingerprint density at radius 2 is 2.03 bits per heavy atom. The van der Waals surface area contributed by atoms with Gasteiger partial charge in [0.25, 0.3) is 0 Å². The zero-order valence-electron chi connectivity index (χ0n) is 19.1. The van der Waals surface area contributed by atoms with E-state index in [9.17, 15) is 18.0 Å². The van der Waals surface area contributed by atoms with Crippen LogP contribution >= 0.6 is 11.3 Å². The number of nitrogens with one attached hydrogen (secondary N) is 2. The summed E-state index contributed by atoms with van der Waals surface area (Å²) in [6, 6.07) is 7.81. The van der Waals surface area contributed by atoms with Crippen LogP contribution in [0.3, 0.4) is 0 Å². The van der Waals surface area contributed by atoms with Crippen molar-refractivity contribution in [2.45, 2.75) is 38.4 Å². The molecule has 35 heavy (non-hydrogen) atoms. The fourth-order valence-electron chi connectivity index (χ4n) is 4.64. The number of hydrogen-bond acceptors (Lipinski definition) is 8. The monoisotopic (exact) mass is 506 g/mol. The van der Waals surface area contributed by atoms with E-state index in [1.807, 2.05) is 24.3 Å². The van der Waals surface area contributed by atoms with Gasteiger partial charge < -0.3 is 20.3 Å². The van der Waals surface area contributed by atoms with Crippen LogP contribution < -0.4 is 10.6 Å². The molecule has 1 saturated heterocycles. The minimum atomic E-state index is -4.38. The highest BCUT2D eigenvalue weighted by molar-refractivity contribution is 7.21. The molecule has 186 valence electrons. The SMILES string of the molecule is Cc1nc(NCC(F)(F)F)nc(N[C@H]2CC[C@@H](CN3CCOC3=O)C2)c1-c1nc2ccccc2s1. The summed E-state index contributed by atoms with van der Waals surface area (Å²) in [6.07, 6.45) is -2.04. The molecule has 1 amide bonds. The minimum Gasteiger partial charge on any atom is -0.448 e. The summed E-state index contributed by atoms with van der Waals surface area (Å²) in [4.78, 5) is 27.0. The zero-order chi connectivity index (χ0) is 24.6. The molecule has 1 aromatic carbocycles. The molecule has 1 aliphatic carbocycles. The second kappa shape index (κ2) is 9.48. The van der Waals surface area contributed by atoms with Gasteiger partial charge in [0.2, 0.25) is 5.95 Å². The largest absolute Gasteiger partial charge is 0.448 e. The molecule has 1 aliphatic heterocycles. The third-order valence-electron chi connectivity index (χ3n) is 6.25. The molecule has 8 nitrogen and oxygen atoms in total. The molecule has 2 fully saturated rings. The molecular weight excluding hydrogens is 481 g/mol. The second-order valence-corrected chi connectivity index (χ2v) is 9.92. The lowest BCUT2D eigenvalue weighted by Gasteiger charge is -2.20. The average Bonchev–Trinajstić information content (AvgIpc) is 3.52. The standard InChI is InChI=1S/C23H25F3N6O2S/c1-13-18(20-30-16-4-2-3-5-17(16)35-20)19(31-21(28-13)27-12-23(24,25)26)29-15-7-6-14(10-15)11-32-8-9-34-22(32)33/h2-5,14-15H,6-12H2,1H3,(H2,27,28,29,31)/t14-,15+/m1/s1. The van der Waals surface area contributed by atoms with Crippen LogP contribution in [-0.4, -0.2) is 64.4 Å². The van der Waals surface area contributed by atoms with Gasteiger partial charge in [-0.2, -0.15) is 18.2 Å². The number of para-hydroxylation sites is 1. The first-order chi connectivity index (χ1) is 16.7. The molecular formula is C23H25F3N6O2S. The lowest BCUT2D eigenvalue weighted by molar-refractivity contribution is -0.115. The number of aromatic nitrogens is 3. The smallest absolute Gasteiger partial charge is 0.409 e. The zero-order valence-corrected chi connectivity index (χ0v) is 19.9. The van der Waals surface area contributed by atoms with Crippen LogP contribution in [-0.2, 0) is 4.74 Å². The highest BCUT2D eigenvalue weighted by atomic mass is 32.1. The summed E-state index contributed by atoms with van der Waals surface area (Å²) in [5.74, 6) is 0.698. The number of hydrogen-bond donors (Lipinski definition) is 2. The van der Waals surface area contributed by atoms with Crippen molar-refractivity contribution < 1.29 is 22.7 Å². The maximum Gasteiger partial charge on any atom is 0.409 e. The predicted octanol–water partition coefficient (Wildman–Crippen LogP) is 5.07. The molecule has 0 unspecified atom stereocenters. The van der Waals surface area contributed by atoms with E-state index in [0.29, 0.717) is 47.7 Å². The number of anilines is 2. The number of carbonyl (C=O) groups is 1. The van der Waals surface area contributed by atoms with Crippen molar-refractivity contribution >= 4 is 39.4 Å². The number of rotatable bonds is 7. The van der Waals surface area contributed by atoms with Crippen LogP contribution in [0.4, 0.5) is 29.7 Å². The summed E-state index contributed by atoms with van der Waals surface area (Å²) in [5.41, 5.74) is 2.08. The van der Waals surface area contributed by atoms with Crippen molar-refractivity contribution in [1.29, 1.82) is 0 Å². The van der Waals surface area contributed by atoms with E-state index in [0.717, 1.165) is 29.5 Å². The predicted molar refractivity (Wildman–Crippen MR) is 128 cm³/mol. The van der Waals surface area contributed by atoms with Crippen LogP contribution in [0.1, 0.15) is 25.0 Å². The molecule has 0 spiro atoms. The van der Waals surface area contributed by atoms with Crippen molar-refractivity contribution in [3.63, 3.8) is 0 Å². The summed E-state index contributed by atoms with van der Waals surface area (Å²) < 4.78 is 44.4.